The Kier molecular flexibility index (Phi) is 4.18. The summed E-state index contributed by atoms with van der Waals surface area (Å²) in [5.41, 5.74) is 0.607. The number of benzene rings is 1. The predicted molar refractivity (Wildman–Crippen MR) is 86.8 cm³/mol. The van der Waals surface area contributed by atoms with Crippen molar-refractivity contribution < 1.29 is 21.6 Å². The van der Waals surface area contributed by atoms with Gasteiger partial charge in [0.2, 0.25) is 10.0 Å². The first-order valence-corrected chi connectivity index (χ1v) is 10.9. The summed E-state index contributed by atoms with van der Waals surface area (Å²) in [6.07, 6.45) is 1.98. The minimum atomic E-state index is -3.71. The Morgan fingerprint density at radius 1 is 1.17 bits per heavy atom. The second kappa shape index (κ2) is 5.75. The monoisotopic (exact) mass is 359 g/mol. The van der Waals surface area contributed by atoms with Gasteiger partial charge in [-0.3, -0.25) is 0 Å². The molecular weight excluding hydrogens is 338 g/mol. The SMILES string of the molecule is COc1ccc(S(=O)(=O)N(C2CC2)C2CCS(=O)(=O)C2)c(C)c1. The van der Waals surface area contributed by atoms with Crippen LogP contribution >= 0.6 is 0 Å². The number of sulfone groups is 1. The first-order chi connectivity index (χ1) is 10.7. The molecule has 1 aromatic rings. The molecule has 2 fully saturated rings. The van der Waals surface area contributed by atoms with Crippen molar-refractivity contribution in [2.45, 2.75) is 43.2 Å². The van der Waals surface area contributed by atoms with Crippen molar-refractivity contribution in [3.8, 4) is 5.75 Å². The lowest BCUT2D eigenvalue weighted by molar-refractivity contribution is 0.332. The van der Waals surface area contributed by atoms with Crippen LogP contribution in [0.1, 0.15) is 24.8 Å². The van der Waals surface area contributed by atoms with E-state index in [-0.39, 0.29) is 22.4 Å². The Bertz CT molecular complexity index is 812. The second-order valence-electron chi connectivity index (χ2n) is 6.25. The third-order valence-corrected chi connectivity index (χ3v) is 8.33. The van der Waals surface area contributed by atoms with E-state index in [0.29, 0.717) is 17.7 Å². The first-order valence-electron chi connectivity index (χ1n) is 7.63. The summed E-state index contributed by atoms with van der Waals surface area (Å²) in [5.74, 6) is 0.596. The molecule has 23 heavy (non-hydrogen) atoms. The number of sulfonamides is 1. The van der Waals surface area contributed by atoms with Crippen molar-refractivity contribution >= 4 is 19.9 Å². The molecule has 2 aliphatic rings. The maximum Gasteiger partial charge on any atom is 0.243 e. The van der Waals surface area contributed by atoms with Crippen molar-refractivity contribution in [1.82, 2.24) is 4.31 Å². The van der Waals surface area contributed by atoms with Gasteiger partial charge in [-0.1, -0.05) is 0 Å². The summed E-state index contributed by atoms with van der Waals surface area (Å²) >= 11 is 0. The van der Waals surface area contributed by atoms with Crippen LogP contribution in [0.15, 0.2) is 23.1 Å². The van der Waals surface area contributed by atoms with Gasteiger partial charge in [0.1, 0.15) is 5.75 Å². The highest BCUT2D eigenvalue weighted by Gasteiger charge is 2.46. The van der Waals surface area contributed by atoms with Crippen LogP contribution in [0.5, 0.6) is 5.75 Å². The van der Waals surface area contributed by atoms with Gasteiger partial charge in [0.15, 0.2) is 9.84 Å². The van der Waals surface area contributed by atoms with Gasteiger partial charge >= 0.3 is 0 Å². The Hall–Kier alpha value is -1.12. The van der Waals surface area contributed by atoms with E-state index in [0.717, 1.165) is 12.8 Å². The van der Waals surface area contributed by atoms with Crippen LogP contribution in [0.2, 0.25) is 0 Å². The molecule has 0 aromatic heterocycles. The van der Waals surface area contributed by atoms with Crippen LogP contribution in [0, 0.1) is 6.92 Å². The third-order valence-electron chi connectivity index (χ3n) is 4.41. The van der Waals surface area contributed by atoms with Crippen LogP contribution in [0.3, 0.4) is 0 Å². The Morgan fingerprint density at radius 3 is 2.35 bits per heavy atom. The highest BCUT2D eigenvalue weighted by atomic mass is 32.2. The number of ether oxygens (including phenoxy) is 1. The zero-order valence-corrected chi connectivity index (χ0v) is 14.9. The molecule has 0 N–H and O–H groups in total. The smallest absolute Gasteiger partial charge is 0.243 e. The van der Waals surface area contributed by atoms with E-state index in [1.54, 1.807) is 25.1 Å². The molecule has 1 saturated heterocycles. The Labute approximate surface area is 137 Å². The number of hydrogen-bond donors (Lipinski definition) is 0. The number of hydrogen-bond acceptors (Lipinski definition) is 5. The van der Waals surface area contributed by atoms with E-state index < -0.39 is 25.9 Å². The standard InChI is InChI=1S/C15H21NO5S2/c1-11-9-14(21-2)5-6-15(11)23(19,20)16(12-3-4-12)13-7-8-22(17,18)10-13/h5-6,9,12-13H,3-4,7-8,10H2,1-2H3. The van der Waals surface area contributed by atoms with E-state index in [4.69, 9.17) is 4.74 Å². The van der Waals surface area contributed by atoms with Gasteiger partial charge in [-0.2, -0.15) is 4.31 Å². The Morgan fingerprint density at radius 2 is 1.87 bits per heavy atom. The first kappa shape index (κ1) is 16.7. The van der Waals surface area contributed by atoms with Crippen molar-refractivity contribution in [1.29, 1.82) is 0 Å². The van der Waals surface area contributed by atoms with E-state index >= 15 is 0 Å². The lowest BCUT2D eigenvalue weighted by Crippen LogP contribution is -2.42. The summed E-state index contributed by atoms with van der Waals surface area (Å²) in [4.78, 5) is 0.231. The maximum absolute atomic E-state index is 13.1. The van der Waals surface area contributed by atoms with E-state index in [2.05, 4.69) is 0 Å². The lowest BCUT2D eigenvalue weighted by Gasteiger charge is -2.28. The van der Waals surface area contributed by atoms with Crippen molar-refractivity contribution in [3.63, 3.8) is 0 Å². The third kappa shape index (κ3) is 3.25. The van der Waals surface area contributed by atoms with Crippen molar-refractivity contribution in [2.75, 3.05) is 18.6 Å². The quantitative estimate of drug-likeness (QED) is 0.793. The van der Waals surface area contributed by atoms with Crippen molar-refractivity contribution in [2.24, 2.45) is 0 Å². The summed E-state index contributed by atoms with van der Waals surface area (Å²) in [6.45, 7) is 1.73. The molecule has 0 bridgehead atoms. The van der Waals surface area contributed by atoms with Crippen LogP contribution in [0.4, 0.5) is 0 Å². The fraction of sp³-hybridized carbons (Fsp3) is 0.600. The Balaban J connectivity index is 1.99. The molecule has 0 spiro atoms. The zero-order chi connectivity index (χ0) is 16.8. The van der Waals surface area contributed by atoms with Crippen LogP contribution in [-0.4, -0.2) is 51.8 Å². The molecule has 1 unspecified atom stereocenters. The zero-order valence-electron chi connectivity index (χ0n) is 13.2. The summed E-state index contributed by atoms with van der Waals surface area (Å²) < 4.78 is 56.3. The summed E-state index contributed by atoms with van der Waals surface area (Å²) in [5, 5.41) is 0. The molecule has 0 radical (unpaired) electrons. The fourth-order valence-corrected chi connectivity index (χ4v) is 7.06. The molecular formula is C15H21NO5S2. The van der Waals surface area contributed by atoms with Gasteiger partial charge in [-0.25, -0.2) is 16.8 Å². The molecule has 1 saturated carbocycles. The summed E-state index contributed by atoms with van der Waals surface area (Å²) in [7, 11) is -5.32. The van der Waals surface area contributed by atoms with Crippen LogP contribution in [0.25, 0.3) is 0 Å². The normalized spacial score (nSPS) is 24.0. The van der Waals surface area contributed by atoms with E-state index in [9.17, 15) is 16.8 Å². The molecule has 8 heteroatoms. The van der Waals surface area contributed by atoms with E-state index in [1.807, 2.05) is 0 Å². The molecule has 1 aliphatic carbocycles. The minimum absolute atomic E-state index is 0.0675. The molecule has 128 valence electrons. The van der Waals surface area contributed by atoms with Gasteiger partial charge in [-0.15, -0.1) is 0 Å². The molecule has 1 atom stereocenters. The highest BCUT2D eigenvalue weighted by molar-refractivity contribution is 7.92. The van der Waals surface area contributed by atoms with Gasteiger partial charge in [0.25, 0.3) is 0 Å². The molecule has 1 aliphatic heterocycles. The molecule has 3 rings (SSSR count). The minimum Gasteiger partial charge on any atom is -0.497 e. The van der Waals surface area contributed by atoms with Gasteiger partial charge in [0, 0.05) is 12.1 Å². The summed E-state index contributed by atoms with van der Waals surface area (Å²) in [6, 6.07) is 4.33. The molecule has 1 aromatic carbocycles. The number of methoxy groups -OCH3 is 1. The average Bonchev–Trinajstić information content (AvgIpc) is 3.22. The largest absolute Gasteiger partial charge is 0.497 e. The highest BCUT2D eigenvalue weighted by Crippen LogP contribution is 2.38. The predicted octanol–water partition coefficient (Wildman–Crippen LogP) is 1.34. The van der Waals surface area contributed by atoms with Crippen molar-refractivity contribution in [3.05, 3.63) is 23.8 Å². The number of rotatable bonds is 5. The average molecular weight is 359 g/mol. The van der Waals surface area contributed by atoms with Crippen LogP contribution in [-0.2, 0) is 19.9 Å². The molecule has 1 heterocycles. The topological polar surface area (TPSA) is 80.8 Å². The van der Waals surface area contributed by atoms with E-state index in [1.165, 1.54) is 11.4 Å². The lowest BCUT2D eigenvalue weighted by atomic mass is 10.2. The second-order valence-corrected chi connectivity index (χ2v) is 10.3. The molecule has 0 amide bonds. The fourth-order valence-electron chi connectivity index (χ4n) is 3.15. The van der Waals surface area contributed by atoms with Gasteiger partial charge in [0.05, 0.1) is 23.5 Å². The number of aryl methyl sites for hydroxylation is 1. The maximum atomic E-state index is 13.1. The molecule has 6 nitrogen and oxygen atoms in total. The van der Waals surface area contributed by atoms with Crippen LogP contribution < -0.4 is 4.74 Å². The van der Waals surface area contributed by atoms with Gasteiger partial charge in [-0.05, 0) is 49.9 Å². The number of nitrogens with zero attached hydrogens (tertiary/aromatic N) is 1. The van der Waals surface area contributed by atoms with Gasteiger partial charge < -0.3 is 4.74 Å².